The monoisotopic (exact) mass is 643 g/mol. The average Bonchev–Trinajstić information content (AvgIpc) is 3.51. The van der Waals surface area contributed by atoms with E-state index in [-0.39, 0.29) is 23.3 Å². The van der Waals surface area contributed by atoms with Crippen molar-refractivity contribution in [3.05, 3.63) is 52.7 Å². The molecule has 1 aliphatic rings. The van der Waals surface area contributed by atoms with Gasteiger partial charge >= 0.3 is 18.0 Å². The van der Waals surface area contributed by atoms with Crippen molar-refractivity contribution in [1.82, 2.24) is 9.88 Å². The minimum Gasteiger partial charge on any atom is -0.493 e. The minimum atomic E-state index is -1.14. The van der Waals surface area contributed by atoms with E-state index in [1.165, 1.54) is 25.2 Å². The Hall–Kier alpha value is -4.52. The molecule has 1 aliphatic heterocycles. The first-order valence-corrected chi connectivity index (χ1v) is 13.9. The fourth-order valence-electron chi connectivity index (χ4n) is 4.79. The number of aromatic nitrogens is 1. The van der Waals surface area contributed by atoms with Gasteiger partial charge in [-0.3, -0.25) is 4.79 Å². The van der Waals surface area contributed by atoms with E-state index in [4.69, 9.17) is 24.1 Å². The lowest BCUT2D eigenvalue weighted by molar-refractivity contribution is -0.139. The zero-order chi connectivity index (χ0) is 30.7. The number of amides is 2. The van der Waals surface area contributed by atoms with E-state index in [2.05, 4.69) is 20.9 Å². The van der Waals surface area contributed by atoms with Gasteiger partial charge in [0.05, 0.1) is 31.0 Å². The quantitative estimate of drug-likeness (QED) is 0.197. The number of rotatable bonds is 9. The number of carbonyl (C=O) groups excluding carboxylic acids is 3. The van der Waals surface area contributed by atoms with Gasteiger partial charge in [-0.05, 0) is 36.3 Å². The number of aliphatic carboxylic acids is 1. The zero-order valence-corrected chi connectivity index (χ0v) is 25.2. The molecular weight excluding hydrogens is 614 g/mol. The molecule has 2 amide bonds. The van der Waals surface area contributed by atoms with Crippen molar-refractivity contribution in [3.63, 3.8) is 0 Å². The molecule has 0 aliphatic carbocycles. The first-order chi connectivity index (χ1) is 20.0. The highest BCUT2D eigenvalue weighted by atomic mass is 79.9. The van der Waals surface area contributed by atoms with Gasteiger partial charge in [0.25, 0.3) is 5.91 Å². The number of alkyl halides is 1. The van der Waals surface area contributed by atoms with Crippen molar-refractivity contribution in [1.29, 1.82) is 0 Å². The van der Waals surface area contributed by atoms with Gasteiger partial charge in [0.2, 0.25) is 0 Å². The third-order valence-electron chi connectivity index (χ3n) is 6.71. The average molecular weight is 644 g/mol. The van der Waals surface area contributed by atoms with Crippen LogP contribution in [0.15, 0.2) is 30.3 Å². The van der Waals surface area contributed by atoms with E-state index in [1.807, 2.05) is 0 Å². The summed E-state index contributed by atoms with van der Waals surface area (Å²) in [6, 6.07) is 6.50. The second-order valence-corrected chi connectivity index (χ2v) is 10.3. The Morgan fingerprint density at radius 2 is 1.88 bits per heavy atom. The summed E-state index contributed by atoms with van der Waals surface area (Å²) in [5, 5.41) is 9.98. The van der Waals surface area contributed by atoms with E-state index in [9.17, 15) is 19.2 Å². The third-order valence-corrected chi connectivity index (χ3v) is 7.49. The van der Waals surface area contributed by atoms with E-state index in [0.717, 1.165) is 5.56 Å². The molecule has 0 saturated carbocycles. The number of hydrogen-bond donors (Lipinski definition) is 2. The molecule has 2 heterocycles. The Morgan fingerprint density at radius 3 is 2.50 bits per heavy atom. The fourth-order valence-corrected chi connectivity index (χ4v) is 5.32. The Morgan fingerprint density at radius 1 is 1.14 bits per heavy atom. The number of halogens is 1. The molecule has 1 aromatic heterocycles. The molecule has 0 unspecified atom stereocenters. The van der Waals surface area contributed by atoms with E-state index in [1.54, 1.807) is 56.3 Å². The number of nitrogens with one attached hydrogen (secondary N) is 1. The van der Waals surface area contributed by atoms with Crippen LogP contribution in [0.2, 0.25) is 0 Å². The molecule has 2 aromatic carbocycles. The highest BCUT2D eigenvalue weighted by molar-refractivity contribution is 9.09. The Balaban J connectivity index is 1.79. The predicted octanol–water partition coefficient (Wildman–Crippen LogP) is 4.33. The van der Waals surface area contributed by atoms with Crippen LogP contribution in [-0.2, 0) is 14.3 Å². The van der Waals surface area contributed by atoms with Crippen LogP contribution in [0.25, 0.3) is 17.0 Å². The van der Waals surface area contributed by atoms with E-state index < -0.39 is 24.6 Å². The molecule has 12 nitrogen and oxygen atoms in total. The van der Waals surface area contributed by atoms with Crippen molar-refractivity contribution in [2.75, 3.05) is 51.7 Å². The number of carboxylic acids is 1. The van der Waals surface area contributed by atoms with Crippen molar-refractivity contribution in [2.45, 2.75) is 12.8 Å². The number of methoxy groups -OCH3 is 2. The van der Waals surface area contributed by atoms with E-state index in [0.29, 0.717) is 51.0 Å². The number of hydrogen-bond acceptors (Lipinski definition) is 8. The minimum absolute atomic E-state index is 0.160. The molecule has 0 spiro atoms. The predicted molar refractivity (Wildman–Crippen MR) is 158 cm³/mol. The van der Waals surface area contributed by atoms with Crippen LogP contribution in [0, 0.1) is 6.92 Å². The molecule has 2 N–H and O–H groups in total. The second kappa shape index (κ2) is 12.6. The number of H-pyrrole nitrogens is 1. The number of aryl methyl sites for hydroxylation is 1. The molecule has 0 saturated heterocycles. The molecule has 4 rings (SSSR count). The number of esters is 1. The lowest BCUT2D eigenvalue weighted by atomic mass is 9.95. The fraction of sp³-hybridized carbons (Fsp3) is 0.310. The largest absolute Gasteiger partial charge is 0.493 e. The van der Waals surface area contributed by atoms with Crippen LogP contribution in [0.4, 0.5) is 10.5 Å². The van der Waals surface area contributed by atoms with Gasteiger partial charge in [0, 0.05) is 55.1 Å². The maximum Gasteiger partial charge on any atom is 0.414 e. The number of carboxylic acid groups (broad SMARTS) is 1. The smallest absolute Gasteiger partial charge is 0.414 e. The zero-order valence-electron chi connectivity index (χ0n) is 23.6. The number of aromatic amines is 1. The summed E-state index contributed by atoms with van der Waals surface area (Å²) in [6.45, 7) is 1.47. The maximum absolute atomic E-state index is 13.6. The topological polar surface area (TPSA) is 148 Å². The Labute approximate surface area is 249 Å². The Kier molecular flexibility index (Phi) is 9.10. The molecule has 3 aromatic rings. The van der Waals surface area contributed by atoms with Crippen LogP contribution in [0.5, 0.6) is 17.2 Å². The molecule has 13 heteroatoms. The molecule has 0 fully saturated rings. The second-order valence-electron chi connectivity index (χ2n) is 9.66. The summed E-state index contributed by atoms with van der Waals surface area (Å²) in [7, 11) is 5.82. The number of fused-ring (bicyclic) bond motifs is 3. The van der Waals surface area contributed by atoms with Crippen LogP contribution in [0.1, 0.15) is 33.1 Å². The Bertz CT molecular complexity index is 1590. The van der Waals surface area contributed by atoms with Gasteiger partial charge in [-0.1, -0.05) is 22.0 Å². The number of anilines is 1. The first-order valence-electron chi connectivity index (χ1n) is 12.7. The SMILES string of the molecule is COC(=O)c1c(C)[nH]c2c(OC(=O)N(C)C)cc3c(c12)[C@H](CBr)CN3C(=O)/C=C/c1ccc(OC)c(OCC(=O)O)c1. The van der Waals surface area contributed by atoms with Gasteiger partial charge in [-0.15, -0.1) is 0 Å². The van der Waals surface area contributed by atoms with Crippen molar-refractivity contribution in [2.24, 2.45) is 0 Å². The summed E-state index contributed by atoms with van der Waals surface area (Å²) < 4.78 is 21.3. The summed E-state index contributed by atoms with van der Waals surface area (Å²) >= 11 is 3.55. The van der Waals surface area contributed by atoms with Gasteiger partial charge in [-0.2, -0.15) is 0 Å². The highest BCUT2D eigenvalue weighted by Crippen LogP contribution is 2.47. The summed E-state index contributed by atoms with van der Waals surface area (Å²) in [4.78, 5) is 55.9. The van der Waals surface area contributed by atoms with Gasteiger partial charge < -0.3 is 38.8 Å². The molecule has 42 heavy (non-hydrogen) atoms. The molecule has 222 valence electrons. The van der Waals surface area contributed by atoms with Crippen LogP contribution < -0.4 is 19.1 Å². The normalized spacial score (nSPS) is 14.1. The number of ether oxygens (including phenoxy) is 4. The summed E-state index contributed by atoms with van der Waals surface area (Å²) in [5.74, 6) is -1.52. The van der Waals surface area contributed by atoms with Gasteiger partial charge in [-0.25, -0.2) is 14.4 Å². The van der Waals surface area contributed by atoms with Crippen molar-refractivity contribution in [3.8, 4) is 17.2 Å². The maximum atomic E-state index is 13.6. The molecule has 0 radical (unpaired) electrons. The van der Waals surface area contributed by atoms with Gasteiger partial charge in [0.15, 0.2) is 23.9 Å². The van der Waals surface area contributed by atoms with E-state index >= 15 is 0 Å². The third kappa shape index (κ3) is 5.91. The van der Waals surface area contributed by atoms with Gasteiger partial charge in [0.1, 0.15) is 0 Å². The standard InChI is InChI=1S/C29H30BrN3O9/c1-15-24(28(37)40-5)26-25-17(12-30)13-33(18(25)11-21(27(26)31-15)42-29(38)32(2)3)22(34)9-7-16-6-8-19(39-4)20(10-16)41-14-23(35)36/h6-11,17,31H,12-14H2,1-5H3,(H,35,36)/b9-7+/t17-/m1/s1. The van der Waals surface area contributed by atoms with Crippen LogP contribution in [-0.4, -0.2) is 85.7 Å². The number of carbonyl (C=O) groups is 4. The lowest BCUT2D eigenvalue weighted by Crippen LogP contribution is -2.28. The van der Waals surface area contributed by atoms with Crippen molar-refractivity contribution < 1.29 is 43.2 Å². The number of benzene rings is 2. The molecular formula is C29H30BrN3O9. The first kappa shape index (κ1) is 30.4. The summed E-state index contributed by atoms with van der Waals surface area (Å²) in [5.41, 5.74) is 3.09. The van der Waals surface area contributed by atoms with Crippen LogP contribution >= 0.6 is 15.9 Å². The molecule has 0 bridgehead atoms. The number of nitrogens with zero attached hydrogens (tertiary/aromatic N) is 2. The molecule has 1 atom stereocenters. The lowest BCUT2D eigenvalue weighted by Gasteiger charge is -2.18. The highest BCUT2D eigenvalue weighted by Gasteiger charge is 2.37. The van der Waals surface area contributed by atoms with Crippen LogP contribution in [0.3, 0.4) is 0 Å². The van der Waals surface area contributed by atoms with Crippen molar-refractivity contribution >= 4 is 62.5 Å². The summed E-state index contributed by atoms with van der Waals surface area (Å²) in [6.07, 6.45) is 2.32.